The standard InChI is InChI=1S/C21H24ClFN4O/c22-17-13-24-20(27-11-3-4-12-27)26-18(17)19(28)25-14-21(9-1-2-10-21)15-5-7-16(23)8-6-15/h5-8,13H,1-4,9-12,14H2,(H,25,28). The van der Waals surface area contributed by atoms with Crippen LogP contribution < -0.4 is 10.2 Å². The lowest BCUT2D eigenvalue weighted by Gasteiger charge is -2.30. The molecule has 2 heterocycles. The van der Waals surface area contributed by atoms with Crippen LogP contribution in [0.1, 0.15) is 54.6 Å². The van der Waals surface area contributed by atoms with Crippen LogP contribution in [0.4, 0.5) is 10.3 Å². The number of amides is 1. The molecule has 0 spiro atoms. The quantitative estimate of drug-likeness (QED) is 0.817. The van der Waals surface area contributed by atoms with E-state index in [9.17, 15) is 9.18 Å². The predicted molar refractivity (Wildman–Crippen MR) is 107 cm³/mol. The number of carbonyl (C=O) groups excluding carboxylic acids is 1. The third-order valence-corrected chi connectivity index (χ3v) is 6.22. The Hall–Kier alpha value is -2.21. The summed E-state index contributed by atoms with van der Waals surface area (Å²) in [5, 5.41) is 3.28. The van der Waals surface area contributed by atoms with E-state index < -0.39 is 0 Å². The van der Waals surface area contributed by atoms with Crippen molar-refractivity contribution in [2.24, 2.45) is 0 Å². The second kappa shape index (κ2) is 8.03. The highest BCUT2D eigenvalue weighted by atomic mass is 35.5. The van der Waals surface area contributed by atoms with Crippen LogP contribution >= 0.6 is 11.6 Å². The zero-order chi connectivity index (χ0) is 19.6. The predicted octanol–water partition coefficient (Wildman–Crippen LogP) is 4.11. The molecule has 2 fully saturated rings. The van der Waals surface area contributed by atoms with Gasteiger partial charge >= 0.3 is 0 Å². The molecule has 1 aliphatic carbocycles. The van der Waals surface area contributed by atoms with Crippen molar-refractivity contribution in [2.75, 3.05) is 24.5 Å². The Kier molecular flexibility index (Phi) is 5.49. The van der Waals surface area contributed by atoms with Crippen LogP contribution in [-0.2, 0) is 5.41 Å². The van der Waals surface area contributed by atoms with Crippen molar-refractivity contribution in [1.29, 1.82) is 0 Å². The van der Waals surface area contributed by atoms with Gasteiger partial charge in [-0.2, -0.15) is 0 Å². The minimum absolute atomic E-state index is 0.166. The molecule has 0 unspecified atom stereocenters. The Bertz CT molecular complexity index is 846. The summed E-state index contributed by atoms with van der Waals surface area (Å²) < 4.78 is 13.3. The maximum absolute atomic E-state index is 13.3. The maximum atomic E-state index is 13.3. The van der Waals surface area contributed by atoms with E-state index in [1.165, 1.54) is 18.3 Å². The average molecular weight is 403 g/mol. The number of carbonyl (C=O) groups is 1. The summed E-state index contributed by atoms with van der Waals surface area (Å²) in [6.07, 6.45) is 7.84. The van der Waals surface area contributed by atoms with Crippen LogP contribution in [0, 0.1) is 5.82 Å². The van der Waals surface area contributed by atoms with Gasteiger partial charge in [0.05, 0.1) is 11.2 Å². The minimum Gasteiger partial charge on any atom is -0.350 e. The maximum Gasteiger partial charge on any atom is 0.271 e. The molecule has 0 atom stereocenters. The molecule has 2 aliphatic rings. The fourth-order valence-electron chi connectivity index (χ4n) is 4.34. The van der Waals surface area contributed by atoms with Crippen LogP contribution in [0.5, 0.6) is 0 Å². The monoisotopic (exact) mass is 402 g/mol. The van der Waals surface area contributed by atoms with Crippen molar-refractivity contribution in [1.82, 2.24) is 15.3 Å². The third-order valence-electron chi connectivity index (χ3n) is 5.94. The first-order valence-corrected chi connectivity index (χ1v) is 10.3. The van der Waals surface area contributed by atoms with Crippen LogP contribution in [0.15, 0.2) is 30.5 Å². The molecule has 1 aliphatic heterocycles. The highest BCUT2D eigenvalue weighted by Crippen LogP contribution is 2.40. The molecule has 5 nitrogen and oxygen atoms in total. The van der Waals surface area contributed by atoms with Gasteiger partial charge in [-0.3, -0.25) is 4.79 Å². The van der Waals surface area contributed by atoms with Crippen LogP contribution in [0.2, 0.25) is 5.02 Å². The molecule has 0 radical (unpaired) electrons. The number of aromatic nitrogens is 2. The molecule has 1 N–H and O–H groups in total. The molecule has 4 rings (SSSR count). The molecule has 1 aromatic heterocycles. The number of nitrogens with zero attached hydrogens (tertiary/aromatic N) is 3. The van der Waals surface area contributed by atoms with Gasteiger partial charge in [0.1, 0.15) is 5.82 Å². The summed E-state index contributed by atoms with van der Waals surface area (Å²) in [7, 11) is 0. The summed E-state index contributed by atoms with van der Waals surface area (Å²) in [5.41, 5.74) is 1.12. The SMILES string of the molecule is O=C(NCC1(c2ccc(F)cc2)CCCC1)c1nc(N2CCCC2)ncc1Cl. The van der Waals surface area contributed by atoms with Crippen LogP contribution in [0.3, 0.4) is 0 Å². The van der Waals surface area contributed by atoms with Crippen molar-refractivity contribution in [3.05, 3.63) is 52.6 Å². The summed E-state index contributed by atoms with van der Waals surface area (Å²) in [4.78, 5) is 23.6. The Morgan fingerprint density at radius 3 is 2.50 bits per heavy atom. The molecule has 7 heteroatoms. The zero-order valence-corrected chi connectivity index (χ0v) is 16.5. The highest BCUT2D eigenvalue weighted by Gasteiger charge is 2.36. The second-order valence-electron chi connectivity index (χ2n) is 7.74. The van der Waals surface area contributed by atoms with Gasteiger partial charge < -0.3 is 10.2 Å². The van der Waals surface area contributed by atoms with E-state index in [0.717, 1.165) is 57.2 Å². The number of benzene rings is 1. The lowest BCUT2D eigenvalue weighted by molar-refractivity contribution is 0.0938. The van der Waals surface area contributed by atoms with E-state index in [4.69, 9.17) is 11.6 Å². The van der Waals surface area contributed by atoms with Gasteiger partial charge in [0.15, 0.2) is 5.69 Å². The first-order valence-electron chi connectivity index (χ1n) is 9.89. The van der Waals surface area contributed by atoms with Gasteiger partial charge in [0.2, 0.25) is 5.95 Å². The molecule has 1 saturated heterocycles. The molecule has 28 heavy (non-hydrogen) atoms. The summed E-state index contributed by atoms with van der Waals surface area (Å²) in [6, 6.07) is 6.63. The van der Waals surface area contributed by atoms with Crippen LogP contribution in [-0.4, -0.2) is 35.5 Å². The molecule has 2 aromatic rings. The van der Waals surface area contributed by atoms with Gasteiger partial charge in [0.25, 0.3) is 5.91 Å². The van der Waals surface area contributed by atoms with Crippen LogP contribution in [0.25, 0.3) is 0 Å². The van der Waals surface area contributed by atoms with E-state index in [2.05, 4.69) is 20.2 Å². The lowest BCUT2D eigenvalue weighted by atomic mass is 9.79. The molecule has 1 amide bonds. The molecular weight excluding hydrogens is 379 g/mol. The van der Waals surface area contributed by atoms with Gasteiger partial charge in [-0.15, -0.1) is 0 Å². The first kappa shape index (κ1) is 19.1. The van der Waals surface area contributed by atoms with E-state index >= 15 is 0 Å². The van der Waals surface area contributed by atoms with Gasteiger partial charge in [0, 0.05) is 25.0 Å². The number of rotatable bonds is 5. The van der Waals surface area contributed by atoms with E-state index in [1.807, 2.05) is 12.1 Å². The number of nitrogens with one attached hydrogen (secondary N) is 1. The number of hydrogen-bond acceptors (Lipinski definition) is 4. The Morgan fingerprint density at radius 1 is 1.14 bits per heavy atom. The molecule has 0 bridgehead atoms. The molecule has 1 saturated carbocycles. The van der Waals surface area contributed by atoms with Crippen molar-refractivity contribution >= 4 is 23.5 Å². The second-order valence-corrected chi connectivity index (χ2v) is 8.14. The summed E-state index contributed by atoms with van der Waals surface area (Å²) in [6.45, 7) is 2.28. The van der Waals surface area contributed by atoms with Crippen molar-refractivity contribution in [2.45, 2.75) is 43.9 Å². The van der Waals surface area contributed by atoms with Gasteiger partial charge in [-0.25, -0.2) is 14.4 Å². The Labute approximate surface area is 169 Å². The highest BCUT2D eigenvalue weighted by molar-refractivity contribution is 6.33. The van der Waals surface area contributed by atoms with E-state index in [0.29, 0.717) is 12.5 Å². The largest absolute Gasteiger partial charge is 0.350 e. The van der Waals surface area contributed by atoms with E-state index in [1.54, 1.807) is 0 Å². The third kappa shape index (κ3) is 3.83. The zero-order valence-electron chi connectivity index (χ0n) is 15.8. The topological polar surface area (TPSA) is 58.1 Å². The normalized spacial score (nSPS) is 18.4. The van der Waals surface area contributed by atoms with Gasteiger partial charge in [-0.1, -0.05) is 36.6 Å². The summed E-state index contributed by atoms with van der Waals surface area (Å²) in [5.74, 6) is 0.0190. The smallest absolute Gasteiger partial charge is 0.271 e. The minimum atomic E-state index is -0.291. The molecule has 1 aromatic carbocycles. The molecular formula is C21H24ClFN4O. The number of halogens is 2. The summed E-state index contributed by atoms with van der Waals surface area (Å²) >= 11 is 6.22. The Morgan fingerprint density at radius 2 is 1.82 bits per heavy atom. The van der Waals surface area contributed by atoms with Gasteiger partial charge in [-0.05, 0) is 43.4 Å². The van der Waals surface area contributed by atoms with Crippen molar-refractivity contribution in [3.8, 4) is 0 Å². The fourth-order valence-corrected chi connectivity index (χ4v) is 4.52. The lowest BCUT2D eigenvalue weighted by Crippen LogP contribution is -2.39. The van der Waals surface area contributed by atoms with Crippen molar-refractivity contribution in [3.63, 3.8) is 0 Å². The first-order chi connectivity index (χ1) is 13.6. The molecule has 148 valence electrons. The number of hydrogen-bond donors (Lipinski definition) is 1. The number of anilines is 1. The Balaban J connectivity index is 1.51. The van der Waals surface area contributed by atoms with E-state index in [-0.39, 0.29) is 27.9 Å². The van der Waals surface area contributed by atoms with Crippen molar-refractivity contribution < 1.29 is 9.18 Å². The average Bonchev–Trinajstić information content (AvgIpc) is 3.40. The fraction of sp³-hybridized carbons (Fsp3) is 0.476.